The third kappa shape index (κ3) is 21.2. The Morgan fingerprint density at radius 1 is 0.381 bits per heavy atom. The molecule has 0 atom stereocenters. The van der Waals surface area contributed by atoms with Gasteiger partial charge in [-0.15, -0.1) is 0 Å². The van der Waals surface area contributed by atoms with Crippen molar-refractivity contribution in [1.82, 2.24) is 0 Å². The number of carboxylic acids is 2. The van der Waals surface area contributed by atoms with Gasteiger partial charge in [-0.3, -0.25) is 0 Å². The van der Waals surface area contributed by atoms with E-state index in [4.69, 9.17) is 0 Å². The second kappa shape index (κ2) is 25.9. The summed E-state index contributed by atoms with van der Waals surface area (Å²) >= 11 is 0. The van der Waals surface area contributed by atoms with Crippen LogP contribution in [0.2, 0.25) is 0 Å². The predicted octanol–water partition coefficient (Wildman–Crippen LogP) is 12.4. The summed E-state index contributed by atoms with van der Waals surface area (Å²) in [5, 5.41) is 18.4. The zero-order valence-corrected chi connectivity index (χ0v) is 27.9. The molecule has 244 valence electrons. The van der Waals surface area contributed by atoms with Crippen molar-refractivity contribution in [1.29, 1.82) is 0 Å². The quantitative estimate of drug-likeness (QED) is 0.320. The van der Waals surface area contributed by atoms with Crippen LogP contribution in [0.25, 0.3) is 0 Å². The fraction of sp³-hybridized carbons (Fsp3) is 0.842. The van der Waals surface area contributed by atoms with Gasteiger partial charge in [-0.05, 0) is 26.7 Å². The second-order valence-electron chi connectivity index (χ2n) is 13.5. The molecule has 0 radical (unpaired) electrons. The Hall–Kier alpha value is -1.58. The van der Waals surface area contributed by atoms with Crippen LogP contribution in [0.3, 0.4) is 0 Å². The lowest BCUT2D eigenvalue weighted by molar-refractivity contribution is -0.133. The number of hydrogen-bond acceptors (Lipinski definition) is 2. The Labute approximate surface area is 260 Å². The predicted molar refractivity (Wildman–Crippen MR) is 179 cm³/mol. The minimum absolute atomic E-state index is 0.298. The highest BCUT2D eigenvalue weighted by Crippen LogP contribution is 2.38. The first-order chi connectivity index (χ1) is 20.4. The summed E-state index contributed by atoms with van der Waals surface area (Å²) in [4.78, 5) is 22.4. The molecule has 0 amide bonds. The number of allylic oxidation sites excluding steroid dienone is 2. The third-order valence-corrected chi connectivity index (χ3v) is 9.47. The Kier molecular flexibility index (Phi) is 23.7. The van der Waals surface area contributed by atoms with Gasteiger partial charge >= 0.3 is 11.9 Å². The third-order valence-electron chi connectivity index (χ3n) is 9.47. The van der Waals surface area contributed by atoms with Crippen LogP contribution >= 0.6 is 0 Å². The zero-order chi connectivity index (χ0) is 30.7. The van der Waals surface area contributed by atoms with Crippen LogP contribution in [0, 0.1) is 5.41 Å². The van der Waals surface area contributed by atoms with Crippen LogP contribution in [-0.4, -0.2) is 22.2 Å². The van der Waals surface area contributed by atoms with E-state index >= 15 is 0 Å². The van der Waals surface area contributed by atoms with E-state index < -0.39 is 17.4 Å². The highest BCUT2D eigenvalue weighted by atomic mass is 16.4. The minimum atomic E-state index is -0.933. The van der Waals surface area contributed by atoms with E-state index in [0.717, 1.165) is 38.5 Å². The van der Waals surface area contributed by atoms with E-state index in [0.29, 0.717) is 11.1 Å². The molecule has 3 fully saturated rings. The molecule has 0 aromatic carbocycles. The Bertz CT molecular complexity index is 622. The van der Waals surface area contributed by atoms with E-state index in [-0.39, 0.29) is 0 Å². The minimum Gasteiger partial charge on any atom is -0.478 e. The zero-order valence-electron chi connectivity index (χ0n) is 27.9. The molecule has 0 bridgehead atoms. The molecule has 4 nitrogen and oxygen atoms in total. The van der Waals surface area contributed by atoms with Crippen molar-refractivity contribution in [2.45, 2.75) is 200 Å². The lowest BCUT2D eigenvalue weighted by Gasteiger charge is -2.30. The van der Waals surface area contributed by atoms with Gasteiger partial charge in [-0.2, -0.15) is 0 Å². The molecule has 0 aromatic heterocycles. The number of hydrogen-bond donors (Lipinski definition) is 2. The van der Waals surface area contributed by atoms with E-state index in [2.05, 4.69) is 0 Å². The maximum absolute atomic E-state index is 11.2. The average Bonchev–Trinajstić information content (AvgIpc) is 2.99. The lowest BCUT2D eigenvalue weighted by Crippen LogP contribution is -2.20. The summed E-state index contributed by atoms with van der Waals surface area (Å²) in [6.45, 7) is 3.18. The number of aliphatic carboxylic acids is 2. The monoisotopic (exact) mass is 589 g/mol. The molecular formula is C38H68O4. The van der Waals surface area contributed by atoms with Gasteiger partial charge < -0.3 is 10.2 Å². The summed E-state index contributed by atoms with van der Waals surface area (Å²) < 4.78 is 0. The van der Waals surface area contributed by atoms with Crippen molar-refractivity contribution in [2.75, 3.05) is 0 Å². The standard InChI is InChI=1S/C18H28O4.2C10H20/c1-14(16(19)20)12-18(13-15(2)17(21)22)10-8-6-4-3-5-7-9-11-18;2*1-2-4-6-8-10-9-7-5-3-1/h12-13H,3-11H2,1-2H3,(H,19,20)(H,21,22);2*1-10H2. The van der Waals surface area contributed by atoms with Crippen LogP contribution in [-0.2, 0) is 9.59 Å². The van der Waals surface area contributed by atoms with Crippen molar-refractivity contribution in [3.8, 4) is 0 Å². The van der Waals surface area contributed by atoms with Crippen molar-refractivity contribution >= 4 is 11.9 Å². The first-order valence-corrected chi connectivity index (χ1v) is 18.2. The summed E-state index contributed by atoms with van der Waals surface area (Å²) in [6.07, 6.45) is 43.2. The molecule has 42 heavy (non-hydrogen) atoms. The van der Waals surface area contributed by atoms with Gasteiger partial charge in [-0.25, -0.2) is 9.59 Å². The van der Waals surface area contributed by atoms with Gasteiger partial charge in [0, 0.05) is 16.6 Å². The molecule has 4 heteroatoms. The SMILES string of the molecule is C1CCCCCCCCC1.C1CCCCCCCCC1.CC(=CC1(C=C(C)C(=O)O)CCCCCCCCC1)C(=O)O. The summed E-state index contributed by atoms with van der Waals surface area (Å²) in [7, 11) is 0. The number of rotatable bonds is 4. The summed E-state index contributed by atoms with van der Waals surface area (Å²) in [5.74, 6) is -1.87. The second-order valence-corrected chi connectivity index (χ2v) is 13.5. The maximum atomic E-state index is 11.2. The van der Waals surface area contributed by atoms with E-state index in [1.165, 1.54) is 148 Å². The molecule has 0 aliphatic heterocycles. The van der Waals surface area contributed by atoms with Crippen LogP contribution in [0.4, 0.5) is 0 Å². The largest absolute Gasteiger partial charge is 0.478 e. The van der Waals surface area contributed by atoms with Crippen LogP contribution in [0.1, 0.15) is 200 Å². The van der Waals surface area contributed by atoms with Gasteiger partial charge in [0.1, 0.15) is 0 Å². The molecule has 3 aliphatic carbocycles. The van der Waals surface area contributed by atoms with Crippen molar-refractivity contribution in [3.63, 3.8) is 0 Å². The average molecular weight is 589 g/mol. The Balaban J connectivity index is 0.000000362. The highest BCUT2D eigenvalue weighted by Gasteiger charge is 2.27. The molecule has 0 unspecified atom stereocenters. The van der Waals surface area contributed by atoms with Gasteiger partial charge in [0.15, 0.2) is 0 Å². The van der Waals surface area contributed by atoms with E-state index in [1.807, 2.05) is 0 Å². The molecular weight excluding hydrogens is 520 g/mol. The van der Waals surface area contributed by atoms with Crippen molar-refractivity contribution in [2.24, 2.45) is 5.41 Å². The fourth-order valence-corrected chi connectivity index (χ4v) is 6.77. The van der Waals surface area contributed by atoms with Crippen molar-refractivity contribution < 1.29 is 19.8 Å². The fourth-order valence-electron chi connectivity index (χ4n) is 6.77. The smallest absolute Gasteiger partial charge is 0.330 e. The van der Waals surface area contributed by atoms with Gasteiger partial charge in [0.2, 0.25) is 0 Å². The highest BCUT2D eigenvalue weighted by molar-refractivity contribution is 5.87. The Morgan fingerprint density at radius 3 is 0.714 bits per heavy atom. The molecule has 3 saturated carbocycles. The van der Waals surface area contributed by atoms with Gasteiger partial charge in [0.25, 0.3) is 0 Å². The molecule has 0 spiro atoms. The molecule has 0 saturated heterocycles. The molecule has 3 rings (SSSR count). The molecule has 3 aliphatic rings. The summed E-state index contributed by atoms with van der Waals surface area (Å²) in [5.41, 5.74) is 0.153. The molecule has 2 N–H and O–H groups in total. The first-order valence-electron chi connectivity index (χ1n) is 18.2. The Morgan fingerprint density at radius 2 is 0.548 bits per heavy atom. The molecule has 0 heterocycles. The maximum Gasteiger partial charge on any atom is 0.330 e. The number of carboxylic acid groups (broad SMARTS) is 2. The van der Waals surface area contributed by atoms with Crippen LogP contribution < -0.4 is 0 Å². The molecule has 0 aromatic rings. The van der Waals surface area contributed by atoms with Crippen LogP contribution in [0.15, 0.2) is 23.3 Å². The topological polar surface area (TPSA) is 74.6 Å². The van der Waals surface area contributed by atoms with Gasteiger partial charge in [0.05, 0.1) is 0 Å². The van der Waals surface area contributed by atoms with Gasteiger partial charge in [-0.1, -0.05) is 186 Å². The van der Waals surface area contributed by atoms with Crippen LogP contribution in [0.5, 0.6) is 0 Å². The first kappa shape index (κ1) is 38.4. The van der Waals surface area contributed by atoms with E-state index in [9.17, 15) is 19.8 Å². The number of carbonyl (C=O) groups is 2. The van der Waals surface area contributed by atoms with Crippen molar-refractivity contribution in [3.05, 3.63) is 23.3 Å². The summed E-state index contributed by atoms with van der Waals surface area (Å²) in [6, 6.07) is 0. The van der Waals surface area contributed by atoms with E-state index in [1.54, 1.807) is 26.0 Å². The normalized spacial score (nSPS) is 22.5. The lowest BCUT2D eigenvalue weighted by atomic mass is 9.74.